The van der Waals surface area contributed by atoms with Crippen molar-refractivity contribution in [3.05, 3.63) is 47.8 Å². The van der Waals surface area contributed by atoms with Gasteiger partial charge in [-0.3, -0.25) is 0 Å². The van der Waals surface area contributed by atoms with Crippen molar-refractivity contribution in [2.24, 2.45) is 0 Å². The van der Waals surface area contributed by atoms with E-state index in [9.17, 15) is 9.00 Å². The zero-order valence-corrected chi connectivity index (χ0v) is 19.5. The van der Waals surface area contributed by atoms with E-state index in [1.54, 1.807) is 6.92 Å². The molecular formula is C23H38N2O3S. The summed E-state index contributed by atoms with van der Waals surface area (Å²) in [6, 6.07) is -0.134. The first-order valence-corrected chi connectivity index (χ1v) is 11.6. The molecule has 0 fully saturated rings. The van der Waals surface area contributed by atoms with Crippen LogP contribution in [0, 0.1) is 6.92 Å². The highest BCUT2D eigenvalue weighted by Crippen LogP contribution is 2.30. The average molecular weight is 423 g/mol. The van der Waals surface area contributed by atoms with Crippen LogP contribution in [0.25, 0.3) is 0 Å². The van der Waals surface area contributed by atoms with Crippen molar-refractivity contribution in [3.8, 4) is 0 Å². The van der Waals surface area contributed by atoms with E-state index in [-0.39, 0.29) is 16.8 Å². The number of carbonyl (C=O) groups is 1. The van der Waals surface area contributed by atoms with Gasteiger partial charge in [-0.1, -0.05) is 18.6 Å². The van der Waals surface area contributed by atoms with E-state index in [4.69, 9.17) is 4.74 Å². The zero-order chi connectivity index (χ0) is 22.0. The second-order valence-corrected chi connectivity index (χ2v) is 10.2. The molecule has 0 bridgehead atoms. The molecule has 0 radical (unpaired) electrons. The molecule has 1 aromatic rings. The Labute approximate surface area is 179 Å². The van der Waals surface area contributed by atoms with Gasteiger partial charge in [0.2, 0.25) is 0 Å². The van der Waals surface area contributed by atoms with Crippen LogP contribution in [-0.4, -0.2) is 26.5 Å². The molecule has 1 rings (SSSR count). The van der Waals surface area contributed by atoms with Crippen LogP contribution in [0.1, 0.15) is 93.2 Å². The first-order chi connectivity index (χ1) is 13.7. The van der Waals surface area contributed by atoms with Gasteiger partial charge < -0.3 is 9.72 Å². The Hall–Kier alpha value is -1.66. The molecule has 1 aromatic heterocycles. The van der Waals surface area contributed by atoms with Crippen molar-refractivity contribution in [2.45, 2.75) is 83.9 Å². The molecule has 0 aliphatic rings. The Morgan fingerprint density at radius 1 is 1.24 bits per heavy atom. The molecule has 0 aliphatic heterocycles. The van der Waals surface area contributed by atoms with Crippen LogP contribution in [0.5, 0.6) is 0 Å². The number of hydrogen-bond donors (Lipinski definition) is 2. The maximum Gasteiger partial charge on any atom is 0.355 e. The number of allylic oxidation sites excluding steroid dienone is 2. The van der Waals surface area contributed by atoms with Gasteiger partial charge in [0.1, 0.15) is 5.69 Å². The van der Waals surface area contributed by atoms with Crippen molar-refractivity contribution >= 4 is 17.0 Å². The van der Waals surface area contributed by atoms with Crippen molar-refractivity contribution in [1.82, 2.24) is 9.71 Å². The monoisotopic (exact) mass is 422 g/mol. The topological polar surface area (TPSA) is 71.2 Å². The van der Waals surface area contributed by atoms with E-state index in [1.165, 1.54) is 0 Å². The van der Waals surface area contributed by atoms with E-state index in [2.05, 4.69) is 22.9 Å². The summed E-state index contributed by atoms with van der Waals surface area (Å²) >= 11 is 0. The third-order valence-corrected chi connectivity index (χ3v) is 6.41. The Kier molecular flexibility index (Phi) is 10.6. The van der Waals surface area contributed by atoms with Gasteiger partial charge in [0, 0.05) is 5.69 Å². The van der Waals surface area contributed by atoms with Crippen molar-refractivity contribution in [2.75, 3.05) is 6.61 Å². The minimum absolute atomic E-state index is 0.134. The molecule has 1 heterocycles. The number of hydrogen-bond acceptors (Lipinski definition) is 3. The summed E-state index contributed by atoms with van der Waals surface area (Å²) in [5, 5.41) is 0. The van der Waals surface area contributed by atoms with Crippen LogP contribution < -0.4 is 4.72 Å². The SMILES string of the molecule is C=CCCCCC(NS(=O)C(C)(C)C)c1[nH]c(C(=O)OCC)c(CCC=C)c1C. The molecule has 2 unspecified atom stereocenters. The third-order valence-electron chi connectivity index (χ3n) is 4.80. The Morgan fingerprint density at radius 2 is 1.90 bits per heavy atom. The van der Waals surface area contributed by atoms with Crippen LogP contribution >= 0.6 is 0 Å². The molecule has 29 heavy (non-hydrogen) atoms. The first-order valence-electron chi connectivity index (χ1n) is 10.5. The number of esters is 1. The Bertz CT molecular complexity index is 716. The molecular weight excluding hydrogens is 384 g/mol. The number of H-pyrrole nitrogens is 1. The normalized spacial score (nSPS) is 13.7. The van der Waals surface area contributed by atoms with E-state index in [1.807, 2.05) is 39.8 Å². The lowest BCUT2D eigenvalue weighted by Gasteiger charge is -2.24. The highest BCUT2D eigenvalue weighted by Gasteiger charge is 2.28. The highest BCUT2D eigenvalue weighted by atomic mass is 32.2. The minimum atomic E-state index is -1.22. The number of carbonyl (C=O) groups excluding carboxylic acids is 1. The van der Waals surface area contributed by atoms with Gasteiger partial charge in [-0.25, -0.2) is 13.7 Å². The molecule has 0 amide bonds. The van der Waals surface area contributed by atoms with E-state index in [0.29, 0.717) is 18.7 Å². The predicted molar refractivity (Wildman–Crippen MR) is 122 cm³/mol. The summed E-state index contributed by atoms with van der Waals surface area (Å²) in [6.07, 6.45) is 9.03. The molecule has 0 aromatic carbocycles. The average Bonchev–Trinajstić information content (AvgIpc) is 2.98. The van der Waals surface area contributed by atoms with E-state index >= 15 is 0 Å². The summed E-state index contributed by atoms with van der Waals surface area (Å²) in [4.78, 5) is 15.8. The fourth-order valence-electron chi connectivity index (χ4n) is 3.14. The van der Waals surface area contributed by atoms with Crippen molar-refractivity contribution in [3.63, 3.8) is 0 Å². The first kappa shape index (κ1) is 25.4. The van der Waals surface area contributed by atoms with Gasteiger partial charge in [-0.15, -0.1) is 13.2 Å². The lowest BCUT2D eigenvalue weighted by atomic mass is 9.99. The lowest BCUT2D eigenvalue weighted by Crippen LogP contribution is -2.36. The predicted octanol–water partition coefficient (Wildman–Crippen LogP) is 5.46. The van der Waals surface area contributed by atoms with Gasteiger partial charge in [0.25, 0.3) is 0 Å². The van der Waals surface area contributed by atoms with E-state index < -0.39 is 11.0 Å². The highest BCUT2D eigenvalue weighted by molar-refractivity contribution is 7.84. The van der Waals surface area contributed by atoms with Gasteiger partial charge in [0.15, 0.2) is 0 Å². The third kappa shape index (κ3) is 7.59. The second kappa shape index (κ2) is 12.1. The Morgan fingerprint density at radius 3 is 2.45 bits per heavy atom. The van der Waals surface area contributed by atoms with Gasteiger partial charge in [-0.05, 0) is 77.8 Å². The number of aromatic amines is 1. The second-order valence-electron chi connectivity index (χ2n) is 8.19. The molecule has 2 N–H and O–H groups in total. The fraction of sp³-hybridized carbons (Fsp3) is 0.609. The van der Waals surface area contributed by atoms with Crippen LogP contribution in [-0.2, 0) is 22.1 Å². The molecule has 0 saturated carbocycles. The minimum Gasteiger partial charge on any atom is -0.461 e. The van der Waals surface area contributed by atoms with Gasteiger partial charge in [-0.2, -0.15) is 0 Å². The standard InChI is InChI=1S/C23H38N2O3S/c1-8-11-13-14-16-19(25-29(27)23(5,6)7)20-17(4)18(15-12-9-2)21(24-20)22(26)28-10-3/h8-9,19,24-25H,1-2,10-16H2,3-7H3. The number of rotatable bonds is 13. The molecule has 6 heteroatoms. The molecule has 5 nitrogen and oxygen atoms in total. The van der Waals surface area contributed by atoms with Crippen LogP contribution in [0.2, 0.25) is 0 Å². The van der Waals surface area contributed by atoms with Crippen molar-refractivity contribution in [1.29, 1.82) is 0 Å². The summed E-state index contributed by atoms with van der Waals surface area (Å²) in [5.74, 6) is -0.344. The number of aromatic nitrogens is 1. The molecule has 0 saturated heterocycles. The Balaban J connectivity index is 3.29. The smallest absolute Gasteiger partial charge is 0.355 e. The molecule has 0 aliphatic carbocycles. The summed E-state index contributed by atoms with van der Waals surface area (Å²) in [6.45, 7) is 17.6. The molecule has 2 atom stereocenters. The van der Waals surface area contributed by atoms with Crippen LogP contribution in [0.4, 0.5) is 0 Å². The van der Waals surface area contributed by atoms with Gasteiger partial charge >= 0.3 is 5.97 Å². The summed E-state index contributed by atoms with van der Waals surface area (Å²) < 4.78 is 21.0. The number of ether oxygens (including phenoxy) is 1. The summed E-state index contributed by atoms with van der Waals surface area (Å²) in [7, 11) is -1.22. The lowest BCUT2D eigenvalue weighted by molar-refractivity contribution is 0.0518. The summed E-state index contributed by atoms with van der Waals surface area (Å²) in [5.41, 5.74) is 3.41. The maximum absolute atomic E-state index is 12.8. The van der Waals surface area contributed by atoms with E-state index in [0.717, 1.165) is 48.9 Å². The maximum atomic E-state index is 12.8. The zero-order valence-electron chi connectivity index (χ0n) is 18.7. The van der Waals surface area contributed by atoms with Crippen molar-refractivity contribution < 1.29 is 13.7 Å². The molecule has 0 spiro atoms. The molecule has 164 valence electrons. The quantitative estimate of drug-likeness (QED) is 0.252. The largest absolute Gasteiger partial charge is 0.461 e. The number of unbranched alkanes of at least 4 members (excludes halogenated alkanes) is 2. The van der Waals surface area contributed by atoms with Crippen LogP contribution in [0.15, 0.2) is 25.3 Å². The van der Waals surface area contributed by atoms with Gasteiger partial charge in [0.05, 0.1) is 28.4 Å². The fourth-order valence-corrected chi connectivity index (χ4v) is 3.99. The number of nitrogens with one attached hydrogen (secondary N) is 2. The van der Waals surface area contributed by atoms with Crippen LogP contribution in [0.3, 0.4) is 0 Å².